The molecule has 1 aliphatic heterocycles. The molecule has 2 fully saturated rings. The van der Waals surface area contributed by atoms with Crippen molar-refractivity contribution in [3.05, 3.63) is 95.1 Å². The summed E-state index contributed by atoms with van der Waals surface area (Å²) in [6.45, 7) is 6.30. The number of unbranched alkanes of at least 4 members (excludes halogenated alkanes) is 1. The van der Waals surface area contributed by atoms with E-state index in [2.05, 4.69) is 10.6 Å². The smallest absolute Gasteiger partial charge is 0.407 e. The molecule has 3 atom stereocenters. The number of fused-ring (bicyclic) bond motifs is 4. The fourth-order valence-corrected chi connectivity index (χ4v) is 7.00. The van der Waals surface area contributed by atoms with E-state index in [1.807, 2.05) is 30.3 Å². The number of halogens is 2. The highest BCUT2D eigenvalue weighted by Gasteiger charge is 2.67. The first-order valence-corrected chi connectivity index (χ1v) is 17.3. The van der Waals surface area contributed by atoms with Gasteiger partial charge in [0.2, 0.25) is 5.91 Å². The van der Waals surface area contributed by atoms with E-state index < -0.39 is 46.9 Å². The van der Waals surface area contributed by atoms with Crippen LogP contribution < -0.4 is 10.6 Å². The molecule has 6 rings (SSSR count). The Kier molecular flexibility index (Phi) is 10.2. The highest BCUT2D eigenvalue weighted by Crippen LogP contribution is 2.60. The molecular weight excluding hydrogens is 660 g/mol. The Morgan fingerprint density at radius 3 is 2.37 bits per heavy atom. The lowest BCUT2D eigenvalue weighted by Gasteiger charge is -2.26. The van der Waals surface area contributed by atoms with Crippen molar-refractivity contribution in [2.45, 2.75) is 76.7 Å². The van der Waals surface area contributed by atoms with Crippen molar-refractivity contribution in [1.82, 2.24) is 15.5 Å². The first-order valence-electron chi connectivity index (χ1n) is 17.3. The number of ether oxygens (including phenoxy) is 3. The van der Waals surface area contributed by atoms with Gasteiger partial charge in [0.25, 0.3) is 11.8 Å². The minimum Gasteiger partial charge on any atom is -0.459 e. The highest BCUT2D eigenvalue weighted by molar-refractivity contribution is 5.99. The number of amides is 3. The largest absolute Gasteiger partial charge is 0.459 e. The van der Waals surface area contributed by atoms with Gasteiger partial charge in [-0.1, -0.05) is 60.7 Å². The standard InChI is InChI=1S/C39H43F2N3O7/c1-37(2,3)51-36(48)42-17-9-10-18-49-24-38-20-31(35(47)50-23-25-11-5-4-6-12-25)44(32(38)21-38)33(45)22-43-34(46)26-15-16-30-28(19-26)27-13-7-8-14-29(27)39(30,40)41/h4-8,11-16,19,31-32H,9-10,17-18,20-24H2,1-3H3,(H,42,48)(H,43,46)/t31-,32-,38+/m0/s1. The molecule has 3 aromatic carbocycles. The minimum absolute atomic E-state index is 0.0565. The van der Waals surface area contributed by atoms with Gasteiger partial charge in [0.1, 0.15) is 18.2 Å². The molecule has 270 valence electrons. The third-order valence-electron chi connectivity index (χ3n) is 9.55. The maximum absolute atomic E-state index is 15.0. The summed E-state index contributed by atoms with van der Waals surface area (Å²) in [6, 6.07) is 18.3. The van der Waals surface area contributed by atoms with Crippen LogP contribution in [0.15, 0.2) is 72.8 Å². The van der Waals surface area contributed by atoms with Gasteiger partial charge in [-0.3, -0.25) is 9.59 Å². The molecule has 12 heteroatoms. The van der Waals surface area contributed by atoms with Crippen LogP contribution in [-0.2, 0) is 36.3 Å². The summed E-state index contributed by atoms with van der Waals surface area (Å²) in [6.07, 6.45) is 1.92. The quantitative estimate of drug-likeness (QED) is 0.166. The molecular formula is C39H43F2N3O7. The number of hydrogen-bond acceptors (Lipinski definition) is 7. The fourth-order valence-electron chi connectivity index (χ4n) is 7.00. The zero-order valence-corrected chi connectivity index (χ0v) is 29.0. The van der Waals surface area contributed by atoms with Crippen molar-refractivity contribution >= 4 is 23.9 Å². The van der Waals surface area contributed by atoms with Crippen LogP contribution in [0.1, 0.15) is 73.5 Å². The van der Waals surface area contributed by atoms with Crippen LogP contribution in [0.25, 0.3) is 11.1 Å². The molecule has 2 N–H and O–H groups in total. The second kappa shape index (κ2) is 14.4. The predicted octanol–water partition coefficient (Wildman–Crippen LogP) is 5.96. The van der Waals surface area contributed by atoms with E-state index in [9.17, 15) is 19.2 Å². The first kappa shape index (κ1) is 36.0. The Morgan fingerprint density at radius 1 is 0.882 bits per heavy atom. The summed E-state index contributed by atoms with van der Waals surface area (Å²) < 4.78 is 46.9. The average molecular weight is 704 g/mol. The molecule has 1 saturated carbocycles. The number of nitrogens with one attached hydrogen (secondary N) is 2. The van der Waals surface area contributed by atoms with Gasteiger partial charge < -0.3 is 29.7 Å². The van der Waals surface area contributed by atoms with Crippen LogP contribution in [-0.4, -0.2) is 72.8 Å². The molecule has 3 aliphatic rings. The second-order valence-corrected chi connectivity index (χ2v) is 14.4. The average Bonchev–Trinajstić information content (AvgIpc) is 3.62. The molecule has 0 aromatic heterocycles. The number of piperidine rings is 1. The van der Waals surface area contributed by atoms with Gasteiger partial charge in [-0.05, 0) is 75.3 Å². The highest BCUT2D eigenvalue weighted by atomic mass is 19.3. The number of rotatable bonds is 13. The van der Waals surface area contributed by atoms with Crippen LogP contribution in [0.3, 0.4) is 0 Å². The van der Waals surface area contributed by atoms with Gasteiger partial charge in [0.05, 0.1) is 13.2 Å². The third-order valence-corrected chi connectivity index (χ3v) is 9.55. The Balaban J connectivity index is 1.06. The van der Waals surface area contributed by atoms with Crippen molar-refractivity contribution in [1.29, 1.82) is 0 Å². The lowest BCUT2D eigenvalue weighted by Crippen LogP contribution is -2.48. The van der Waals surface area contributed by atoms with Gasteiger partial charge in [-0.25, -0.2) is 9.59 Å². The van der Waals surface area contributed by atoms with Gasteiger partial charge in [-0.15, -0.1) is 0 Å². The number of carbonyl (C=O) groups excluding carboxylic acids is 4. The van der Waals surface area contributed by atoms with E-state index in [0.717, 1.165) is 5.56 Å². The van der Waals surface area contributed by atoms with E-state index in [-0.39, 0.29) is 41.4 Å². The molecule has 3 amide bonds. The number of alkyl carbamates (subject to hydrolysis) is 1. The third kappa shape index (κ3) is 7.90. The van der Waals surface area contributed by atoms with E-state index in [1.54, 1.807) is 39.0 Å². The normalized spacial score (nSPS) is 20.8. The van der Waals surface area contributed by atoms with Crippen molar-refractivity contribution in [3.8, 4) is 11.1 Å². The number of alkyl halides is 2. The van der Waals surface area contributed by atoms with E-state index in [4.69, 9.17) is 14.2 Å². The number of hydrogen-bond donors (Lipinski definition) is 2. The van der Waals surface area contributed by atoms with Crippen molar-refractivity contribution in [2.75, 3.05) is 26.3 Å². The molecule has 10 nitrogen and oxygen atoms in total. The van der Waals surface area contributed by atoms with E-state index in [1.165, 1.54) is 29.2 Å². The van der Waals surface area contributed by atoms with Gasteiger partial charge >= 0.3 is 12.1 Å². The van der Waals surface area contributed by atoms with Gasteiger partial charge in [-0.2, -0.15) is 8.78 Å². The SMILES string of the molecule is CC(C)(C)OC(=O)NCCCCOC[C@@]12C[C@@H]1N(C(=O)CNC(=O)c1ccc3c(c1)-c1ccccc1C3(F)F)[C@H](C(=O)OCc1ccccc1)C2. The Labute approximate surface area is 295 Å². The van der Waals surface area contributed by atoms with Crippen LogP contribution >= 0.6 is 0 Å². The lowest BCUT2D eigenvalue weighted by molar-refractivity contribution is -0.155. The number of nitrogens with zero attached hydrogens (tertiary/aromatic N) is 1. The molecule has 1 heterocycles. The van der Waals surface area contributed by atoms with Crippen LogP contribution in [0.2, 0.25) is 0 Å². The van der Waals surface area contributed by atoms with Crippen molar-refractivity contribution < 1.29 is 42.2 Å². The zero-order chi connectivity index (χ0) is 36.4. The summed E-state index contributed by atoms with van der Waals surface area (Å²) in [5.74, 6) is -4.74. The maximum Gasteiger partial charge on any atom is 0.407 e. The minimum atomic E-state index is -3.17. The van der Waals surface area contributed by atoms with Crippen molar-refractivity contribution in [2.24, 2.45) is 5.41 Å². The molecule has 0 bridgehead atoms. The summed E-state index contributed by atoms with van der Waals surface area (Å²) in [7, 11) is 0. The molecule has 51 heavy (non-hydrogen) atoms. The van der Waals surface area contributed by atoms with E-state index >= 15 is 8.78 Å². The number of esters is 1. The van der Waals surface area contributed by atoms with Gasteiger partial charge in [0.15, 0.2) is 0 Å². The molecule has 2 aliphatic carbocycles. The van der Waals surface area contributed by atoms with Crippen LogP contribution in [0.4, 0.5) is 13.6 Å². The van der Waals surface area contributed by atoms with Crippen LogP contribution in [0, 0.1) is 5.41 Å². The molecule has 0 radical (unpaired) electrons. The molecule has 3 aromatic rings. The predicted molar refractivity (Wildman–Crippen MR) is 184 cm³/mol. The van der Waals surface area contributed by atoms with Crippen LogP contribution in [0.5, 0.6) is 0 Å². The fraction of sp³-hybridized carbons (Fsp3) is 0.436. The Hall–Kier alpha value is -4.84. The monoisotopic (exact) mass is 703 g/mol. The van der Waals surface area contributed by atoms with Gasteiger partial charge in [0, 0.05) is 41.3 Å². The molecule has 0 spiro atoms. The Morgan fingerprint density at radius 2 is 1.61 bits per heavy atom. The first-order chi connectivity index (χ1) is 24.3. The number of carbonyl (C=O) groups is 4. The summed E-state index contributed by atoms with van der Waals surface area (Å²) in [5, 5.41) is 5.36. The zero-order valence-electron chi connectivity index (χ0n) is 29.0. The second-order valence-electron chi connectivity index (χ2n) is 14.4. The molecule has 0 unspecified atom stereocenters. The summed E-state index contributed by atoms with van der Waals surface area (Å²) in [4.78, 5) is 53.7. The lowest BCUT2D eigenvalue weighted by atomic mass is 10.0. The topological polar surface area (TPSA) is 123 Å². The maximum atomic E-state index is 15.0. The molecule has 1 saturated heterocycles. The number of likely N-dealkylation sites (tertiary alicyclic amines) is 1. The number of benzene rings is 3. The Bertz CT molecular complexity index is 1790. The van der Waals surface area contributed by atoms with Crippen molar-refractivity contribution in [3.63, 3.8) is 0 Å². The summed E-state index contributed by atoms with van der Waals surface area (Å²) >= 11 is 0. The summed E-state index contributed by atoms with van der Waals surface area (Å²) in [5.41, 5.74) is 0.328. The van der Waals surface area contributed by atoms with E-state index in [0.29, 0.717) is 51.0 Å².